The second-order valence-electron chi connectivity index (χ2n) is 5.83. The molecule has 0 fully saturated rings. The minimum absolute atomic E-state index is 0.0209. The van der Waals surface area contributed by atoms with E-state index in [0.29, 0.717) is 17.0 Å². The van der Waals surface area contributed by atoms with Crippen LogP contribution in [-0.4, -0.2) is 20.3 Å². The molecule has 0 amide bonds. The van der Waals surface area contributed by atoms with Gasteiger partial charge in [0.2, 0.25) is 0 Å². The van der Waals surface area contributed by atoms with Crippen LogP contribution in [0.2, 0.25) is 0 Å². The van der Waals surface area contributed by atoms with Crippen molar-refractivity contribution < 1.29 is 4.54 Å². The molecule has 0 saturated heterocycles. The summed E-state index contributed by atoms with van der Waals surface area (Å²) in [6.07, 6.45) is 3.50. The van der Waals surface area contributed by atoms with Crippen molar-refractivity contribution in [3.05, 3.63) is 71.4 Å². The molecule has 2 heterocycles. The van der Waals surface area contributed by atoms with E-state index in [9.17, 15) is 4.91 Å². The van der Waals surface area contributed by atoms with Gasteiger partial charge in [0.1, 0.15) is 5.52 Å². The molecular weight excluding hydrogens is 316 g/mol. The van der Waals surface area contributed by atoms with E-state index in [1.807, 2.05) is 49.4 Å². The molecule has 7 heteroatoms. The lowest BCUT2D eigenvalue weighted by molar-refractivity contribution is -0.535. The zero-order chi connectivity index (χ0) is 17.2. The minimum atomic E-state index is 0.0209. The number of H-pyrrole nitrogens is 2. The number of benzene rings is 2. The lowest BCUT2D eigenvalue weighted by Gasteiger charge is -2.13. The number of nitrogens with one attached hydrogen (secondary N) is 3. The second-order valence-corrected chi connectivity index (χ2v) is 5.83. The normalized spacial score (nSPS) is 12.2. The highest BCUT2D eigenvalue weighted by Gasteiger charge is 2.15. The van der Waals surface area contributed by atoms with E-state index in [0.717, 1.165) is 21.2 Å². The van der Waals surface area contributed by atoms with Crippen LogP contribution in [0.5, 0.6) is 0 Å². The Hall–Kier alpha value is -3.48. The number of aromatic amines is 2. The van der Waals surface area contributed by atoms with Crippen molar-refractivity contribution in [1.29, 1.82) is 0 Å². The maximum absolute atomic E-state index is 12.4. The monoisotopic (exact) mass is 333 g/mol. The lowest BCUT2D eigenvalue weighted by atomic mass is 10.1. The molecule has 25 heavy (non-hydrogen) atoms. The summed E-state index contributed by atoms with van der Waals surface area (Å²) in [5, 5.41) is 12.7. The Morgan fingerprint density at radius 3 is 2.72 bits per heavy atom. The molecule has 4 aromatic rings. The SMILES string of the molecule is C[C@@H](Nc1nc2ccc(-c3cn[nH]c3)cc2[n+](=O)[nH]1)c1ccccc1. The summed E-state index contributed by atoms with van der Waals surface area (Å²) in [5.41, 5.74) is 4.02. The van der Waals surface area contributed by atoms with Crippen molar-refractivity contribution in [3.63, 3.8) is 0 Å². The van der Waals surface area contributed by atoms with Gasteiger partial charge in [-0.25, -0.2) is 4.98 Å². The predicted octanol–water partition coefficient (Wildman–Crippen LogP) is 3.04. The molecule has 0 spiro atoms. The van der Waals surface area contributed by atoms with Gasteiger partial charge in [0.25, 0.3) is 5.95 Å². The predicted molar refractivity (Wildman–Crippen MR) is 95.5 cm³/mol. The van der Waals surface area contributed by atoms with Gasteiger partial charge in [0.15, 0.2) is 4.54 Å². The Morgan fingerprint density at radius 2 is 1.96 bits per heavy atom. The molecule has 3 N–H and O–H groups in total. The summed E-state index contributed by atoms with van der Waals surface area (Å²) < 4.78 is 0.728. The Balaban J connectivity index is 1.68. The smallest absolute Gasteiger partial charge is 0.318 e. The minimum Gasteiger partial charge on any atom is -0.345 e. The van der Waals surface area contributed by atoms with Gasteiger partial charge in [0.05, 0.1) is 17.1 Å². The Bertz CT molecular complexity index is 1060. The number of rotatable bonds is 4. The van der Waals surface area contributed by atoms with Gasteiger partial charge in [-0.1, -0.05) is 41.5 Å². The first-order chi connectivity index (χ1) is 12.2. The summed E-state index contributed by atoms with van der Waals surface area (Å²) in [7, 11) is 0. The van der Waals surface area contributed by atoms with Crippen LogP contribution < -0.4 is 9.86 Å². The van der Waals surface area contributed by atoms with Crippen LogP contribution in [0.25, 0.3) is 22.2 Å². The fraction of sp³-hybridized carbons (Fsp3) is 0.111. The number of aromatic nitrogens is 5. The number of hydrogen-bond donors (Lipinski definition) is 3. The van der Waals surface area contributed by atoms with Crippen LogP contribution in [-0.2, 0) is 0 Å². The van der Waals surface area contributed by atoms with E-state index in [4.69, 9.17) is 0 Å². The van der Waals surface area contributed by atoms with Gasteiger partial charge >= 0.3 is 5.52 Å². The van der Waals surface area contributed by atoms with Gasteiger partial charge in [-0.05, 0) is 24.1 Å². The van der Waals surface area contributed by atoms with Crippen molar-refractivity contribution in [2.45, 2.75) is 13.0 Å². The van der Waals surface area contributed by atoms with E-state index in [2.05, 4.69) is 25.6 Å². The van der Waals surface area contributed by atoms with Crippen molar-refractivity contribution in [3.8, 4) is 11.1 Å². The molecule has 4 rings (SSSR count). The summed E-state index contributed by atoms with van der Waals surface area (Å²) in [6.45, 7) is 2.02. The average molecular weight is 333 g/mol. The largest absolute Gasteiger partial charge is 0.345 e. The first-order valence-corrected chi connectivity index (χ1v) is 7.98. The van der Waals surface area contributed by atoms with Crippen molar-refractivity contribution >= 4 is 17.0 Å². The molecule has 2 aromatic heterocycles. The maximum Gasteiger partial charge on any atom is 0.318 e. The molecule has 2 aromatic carbocycles. The van der Waals surface area contributed by atoms with Crippen molar-refractivity contribution in [1.82, 2.24) is 20.3 Å². The molecule has 0 radical (unpaired) electrons. The first kappa shape index (κ1) is 15.1. The second kappa shape index (κ2) is 6.20. The summed E-state index contributed by atoms with van der Waals surface area (Å²) in [5.74, 6) is 0.426. The molecule has 0 aliphatic carbocycles. The Morgan fingerprint density at radius 1 is 1.12 bits per heavy atom. The van der Waals surface area contributed by atoms with Crippen LogP contribution in [0.4, 0.5) is 5.95 Å². The highest BCUT2D eigenvalue weighted by atomic mass is 16.3. The van der Waals surface area contributed by atoms with Crippen LogP contribution in [0.1, 0.15) is 18.5 Å². The quantitative estimate of drug-likeness (QED) is 0.501. The number of anilines is 1. The van der Waals surface area contributed by atoms with Crippen molar-refractivity contribution in [2.24, 2.45) is 0 Å². The fourth-order valence-corrected chi connectivity index (χ4v) is 2.77. The summed E-state index contributed by atoms with van der Waals surface area (Å²) in [6, 6.07) is 15.6. The molecule has 0 aliphatic heterocycles. The van der Waals surface area contributed by atoms with Gasteiger partial charge < -0.3 is 5.32 Å². The topological polar surface area (TPSA) is 92.4 Å². The zero-order valence-electron chi connectivity index (χ0n) is 13.6. The van der Waals surface area contributed by atoms with Crippen LogP contribution >= 0.6 is 0 Å². The van der Waals surface area contributed by atoms with E-state index >= 15 is 0 Å². The third-order valence-electron chi connectivity index (χ3n) is 4.12. The van der Waals surface area contributed by atoms with Gasteiger partial charge in [-0.15, -0.1) is 0 Å². The van der Waals surface area contributed by atoms with E-state index in [1.165, 1.54) is 0 Å². The number of nitrogens with zero attached hydrogens (tertiary/aromatic N) is 3. The van der Waals surface area contributed by atoms with Gasteiger partial charge in [0, 0.05) is 17.8 Å². The fourth-order valence-electron chi connectivity index (χ4n) is 2.77. The van der Waals surface area contributed by atoms with Crippen LogP contribution in [0.3, 0.4) is 0 Å². The van der Waals surface area contributed by atoms with Crippen LogP contribution in [0.15, 0.2) is 60.9 Å². The molecular formula is C18H17N6O+. The molecule has 124 valence electrons. The molecule has 0 saturated carbocycles. The highest BCUT2D eigenvalue weighted by molar-refractivity contribution is 5.79. The van der Waals surface area contributed by atoms with Gasteiger partial charge in [-0.3, -0.25) is 5.10 Å². The van der Waals surface area contributed by atoms with E-state index in [-0.39, 0.29) is 6.04 Å². The lowest BCUT2D eigenvalue weighted by Crippen LogP contribution is -2.24. The molecule has 7 nitrogen and oxygen atoms in total. The summed E-state index contributed by atoms with van der Waals surface area (Å²) >= 11 is 0. The molecule has 0 unspecified atom stereocenters. The average Bonchev–Trinajstić information content (AvgIpc) is 3.17. The molecule has 0 bridgehead atoms. The Kier molecular flexibility index (Phi) is 3.74. The molecule has 0 aliphatic rings. The zero-order valence-corrected chi connectivity index (χ0v) is 13.6. The standard InChI is InChI=1S/C18H17N6O/c1-12(13-5-3-2-4-6-13)21-18-22-16-8-7-14(15-10-19-20-11-15)9-17(16)24(25)23-18/h2-12H,1H3,(H,19,20)(H2,21,22,23,25)/q+1/t12-/m1/s1. The summed E-state index contributed by atoms with van der Waals surface area (Å²) in [4.78, 5) is 16.9. The van der Waals surface area contributed by atoms with Crippen LogP contribution in [0, 0.1) is 4.91 Å². The third kappa shape index (κ3) is 2.99. The third-order valence-corrected chi connectivity index (χ3v) is 4.12. The maximum atomic E-state index is 12.4. The van der Waals surface area contributed by atoms with E-state index in [1.54, 1.807) is 18.5 Å². The highest BCUT2D eigenvalue weighted by Crippen LogP contribution is 2.22. The number of fused-ring (bicyclic) bond motifs is 1. The Labute approximate surface area is 143 Å². The van der Waals surface area contributed by atoms with Crippen molar-refractivity contribution in [2.75, 3.05) is 5.32 Å². The first-order valence-electron chi connectivity index (χ1n) is 7.98. The number of hydrogen-bond acceptors (Lipinski definition) is 4. The van der Waals surface area contributed by atoms with E-state index < -0.39 is 0 Å². The van der Waals surface area contributed by atoms with Gasteiger partial charge in [-0.2, -0.15) is 5.10 Å². The molecule has 1 atom stereocenters.